The first-order valence-corrected chi connectivity index (χ1v) is 7.79. The summed E-state index contributed by atoms with van der Waals surface area (Å²) in [6.07, 6.45) is 0. The second-order valence-electron chi connectivity index (χ2n) is 4.47. The minimum absolute atomic E-state index is 0.671. The molecule has 0 radical (unpaired) electrons. The fourth-order valence-electron chi connectivity index (χ4n) is 2.11. The Morgan fingerprint density at radius 1 is 1.35 bits per heavy atom. The van der Waals surface area contributed by atoms with E-state index in [4.69, 9.17) is 4.74 Å². The van der Waals surface area contributed by atoms with Gasteiger partial charge in [-0.25, -0.2) is 4.98 Å². The first-order valence-electron chi connectivity index (χ1n) is 6.98. The Hall–Kier alpha value is -1.40. The average Bonchev–Trinajstić information content (AvgIpc) is 2.83. The maximum absolute atomic E-state index is 5.46. The Morgan fingerprint density at radius 2 is 2.15 bits per heavy atom. The molecule has 6 heteroatoms. The topological polar surface area (TPSA) is 50.3 Å². The predicted molar refractivity (Wildman–Crippen MR) is 86.1 cm³/mol. The number of aromatic nitrogens is 2. The number of rotatable bonds is 7. The third-order valence-corrected chi connectivity index (χ3v) is 4.05. The van der Waals surface area contributed by atoms with E-state index in [1.807, 2.05) is 14.0 Å². The lowest BCUT2D eigenvalue weighted by Crippen LogP contribution is -2.28. The van der Waals surface area contributed by atoms with Crippen LogP contribution in [0.5, 0.6) is 0 Å². The lowest BCUT2D eigenvalue weighted by Gasteiger charge is -2.22. The van der Waals surface area contributed by atoms with Crippen molar-refractivity contribution in [3.8, 4) is 0 Å². The second-order valence-corrected chi connectivity index (χ2v) is 5.71. The standard InChI is InChI=1S/C14H22N4OS/c1-5-18(7-8-19-6-2)12-11-9-10(3)20-13(11)17-14(15-4)16-12/h9H,5-8H2,1-4H3,(H,15,16,17). The molecule has 0 amide bonds. The molecule has 2 heterocycles. The molecular formula is C14H22N4OS. The molecule has 0 atom stereocenters. The van der Waals surface area contributed by atoms with Gasteiger partial charge in [0.25, 0.3) is 0 Å². The molecule has 0 aromatic carbocycles. The number of hydrogen-bond donors (Lipinski definition) is 1. The summed E-state index contributed by atoms with van der Waals surface area (Å²) in [5.41, 5.74) is 0. The van der Waals surface area contributed by atoms with Gasteiger partial charge in [-0.15, -0.1) is 11.3 Å². The van der Waals surface area contributed by atoms with Crippen molar-refractivity contribution in [3.63, 3.8) is 0 Å². The molecule has 0 unspecified atom stereocenters. The van der Waals surface area contributed by atoms with Crippen molar-refractivity contribution in [1.29, 1.82) is 0 Å². The predicted octanol–water partition coefficient (Wildman–Crippen LogP) is 2.90. The SMILES string of the molecule is CCOCCN(CC)c1nc(NC)nc2sc(C)cc12. The van der Waals surface area contributed by atoms with E-state index in [1.54, 1.807) is 11.3 Å². The summed E-state index contributed by atoms with van der Waals surface area (Å²) in [6, 6.07) is 2.16. The number of hydrogen-bond acceptors (Lipinski definition) is 6. The molecule has 0 saturated carbocycles. The Balaban J connectivity index is 2.38. The maximum atomic E-state index is 5.46. The van der Waals surface area contributed by atoms with Crippen molar-refractivity contribution in [2.24, 2.45) is 0 Å². The van der Waals surface area contributed by atoms with Gasteiger partial charge in [-0.1, -0.05) is 0 Å². The largest absolute Gasteiger partial charge is 0.380 e. The highest BCUT2D eigenvalue weighted by molar-refractivity contribution is 7.18. The van der Waals surface area contributed by atoms with Crippen molar-refractivity contribution < 1.29 is 4.74 Å². The van der Waals surface area contributed by atoms with Gasteiger partial charge in [0, 0.05) is 31.6 Å². The van der Waals surface area contributed by atoms with Crippen LogP contribution in [0.1, 0.15) is 18.7 Å². The van der Waals surface area contributed by atoms with Crippen LogP contribution in [0, 0.1) is 6.92 Å². The Labute approximate surface area is 124 Å². The van der Waals surface area contributed by atoms with Crippen LogP contribution in [0.25, 0.3) is 10.2 Å². The highest BCUT2D eigenvalue weighted by Gasteiger charge is 2.15. The first-order chi connectivity index (χ1) is 9.69. The molecule has 2 aromatic heterocycles. The van der Waals surface area contributed by atoms with Gasteiger partial charge in [-0.3, -0.25) is 0 Å². The van der Waals surface area contributed by atoms with E-state index in [1.165, 1.54) is 4.88 Å². The molecule has 1 N–H and O–H groups in total. The molecule has 0 aliphatic rings. The summed E-state index contributed by atoms with van der Waals surface area (Å²) < 4.78 is 5.46. The van der Waals surface area contributed by atoms with Crippen LogP contribution in [0.2, 0.25) is 0 Å². The summed E-state index contributed by atoms with van der Waals surface area (Å²) >= 11 is 1.70. The lowest BCUT2D eigenvalue weighted by atomic mass is 10.3. The summed E-state index contributed by atoms with van der Waals surface area (Å²) in [5.74, 6) is 1.66. The van der Waals surface area contributed by atoms with Crippen LogP contribution in [0.4, 0.5) is 11.8 Å². The third kappa shape index (κ3) is 3.19. The molecule has 2 aromatic rings. The molecule has 0 aliphatic heterocycles. The molecule has 2 rings (SSSR count). The van der Waals surface area contributed by atoms with Crippen molar-refractivity contribution in [1.82, 2.24) is 9.97 Å². The van der Waals surface area contributed by atoms with Crippen molar-refractivity contribution >= 4 is 33.3 Å². The van der Waals surface area contributed by atoms with E-state index in [0.29, 0.717) is 12.6 Å². The molecule has 0 aliphatic carbocycles. The second kappa shape index (κ2) is 6.85. The highest BCUT2D eigenvalue weighted by Crippen LogP contribution is 2.31. The van der Waals surface area contributed by atoms with Crippen LogP contribution in [0.15, 0.2) is 6.07 Å². The van der Waals surface area contributed by atoms with Gasteiger partial charge in [0.15, 0.2) is 0 Å². The van der Waals surface area contributed by atoms with E-state index in [2.05, 4.69) is 40.1 Å². The Bertz CT molecular complexity index is 570. The van der Waals surface area contributed by atoms with Crippen LogP contribution in [-0.2, 0) is 4.74 Å². The number of likely N-dealkylation sites (N-methyl/N-ethyl adjacent to an activating group) is 1. The Kier molecular flexibility index (Phi) is 5.14. The number of ether oxygens (including phenoxy) is 1. The minimum atomic E-state index is 0.671. The summed E-state index contributed by atoms with van der Waals surface area (Å²) in [6.45, 7) is 9.46. The Morgan fingerprint density at radius 3 is 2.80 bits per heavy atom. The van der Waals surface area contributed by atoms with E-state index < -0.39 is 0 Å². The molecule has 5 nitrogen and oxygen atoms in total. The zero-order valence-corrected chi connectivity index (χ0v) is 13.4. The van der Waals surface area contributed by atoms with Crippen molar-refractivity contribution in [2.45, 2.75) is 20.8 Å². The number of aryl methyl sites for hydroxylation is 1. The average molecular weight is 294 g/mol. The monoisotopic (exact) mass is 294 g/mol. The van der Waals surface area contributed by atoms with Gasteiger partial charge in [0.1, 0.15) is 10.6 Å². The summed E-state index contributed by atoms with van der Waals surface area (Å²) in [4.78, 5) is 13.7. The summed E-state index contributed by atoms with van der Waals surface area (Å²) in [7, 11) is 1.85. The highest BCUT2D eigenvalue weighted by atomic mass is 32.1. The van der Waals surface area contributed by atoms with Gasteiger partial charge >= 0.3 is 0 Å². The minimum Gasteiger partial charge on any atom is -0.380 e. The molecule has 0 bridgehead atoms. The molecular weight excluding hydrogens is 272 g/mol. The smallest absolute Gasteiger partial charge is 0.225 e. The van der Waals surface area contributed by atoms with Crippen molar-refractivity contribution in [3.05, 3.63) is 10.9 Å². The zero-order chi connectivity index (χ0) is 14.5. The van der Waals surface area contributed by atoms with E-state index in [-0.39, 0.29) is 0 Å². The first kappa shape index (κ1) is 15.0. The van der Waals surface area contributed by atoms with E-state index in [9.17, 15) is 0 Å². The number of nitrogens with one attached hydrogen (secondary N) is 1. The van der Waals surface area contributed by atoms with Gasteiger partial charge in [0.05, 0.1) is 12.0 Å². The van der Waals surface area contributed by atoms with Gasteiger partial charge < -0.3 is 15.0 Å². The molecule has 0 saturated heterocycles. The fourth-order valence-corrected chi connectivity index (χ4v) is 2.99. The number of nitrogens with zero attached hydrogens (tertiary/aromatic N) is 3. The van der Waals surface area contributed by atoms with E-state index in [0.717, 1.165) is 35.7 Å². The van der Waals surface area contributed by atoms with Crippen molar-refractivity contribution in [2.75, 3.05) is 43.6 Å². The lowest BCUT2D eigenvalue weighted by molar-refractivity contribution is 0.154. The van der Waals surface area contributed by atoms with Crippen LogP contribution >= 0.6 is 11.3 Å². The number of anilines is 2. The normalized spacial score (nSPS) is 11.0. The molecule has 0 spiro atoms. The van der Waals surface area contributed by atoms with Gasteiger partial charge in [0.2, 0.25) is 5.95 Å². The van der Waals surface area contributed by atoms with Crippen LogP contribution < -0.4 is 10.2 Å². The third-order valence-electron chi connectivity index (χ3n) is 3.11. The molecule has 110 valence electrons. The maximum Gasteiger partial charge on any atom is 0.225 e. The number of fused-ring (bicyclic) bond motifs is 1. The van der Waals surface area contributed by atoms with Gasteiger partial charge in [-0.05, 0) is 26.8 Å². The molecule has 0 fully saturated rings. The number of thiophene rings is 1. The fraction of sp³-hybridized carbons (Fsp3) is 0.571. The van der Waals surface area contributed by atoms with Gasteiger partial charge in [-0.2, -0.15) is 4.98 Å². The quantitative estimate of drug-likeness (QED) is 0.796. The molecule has 20 heavy (non-hydrogen) atoms. The van der Waals surface area contributed by atoms with Crippen LogP contribution in [0.3, 0.4) is 0 Å². The van der Waals surface area contributed by atoms with E-state index >= 15 is 0 Å². The zero-order valence-electron chi connectivity index (χ0n) is 12.6. The summed E-state index contributed by atoms with van der Waals surface area (Å²) in [5, 5.41) is 4.17. The van der Waals surface area contributed by atoms with Crippen LogP contribution in [-0.4, -0.2) is 43.3 Å².